The van der Waals surface area contributed by atoms with Crippen molar-refractivity contribution in [2.45, 2.75) is 31.9 Å². The Morgan fingerprint density at radius 2 is 2.22 bits per heavy atom. The third-order valence-electron chi connectivity index (χ3n) is 4.20. The molecule has 0 aliphatic carbocycles. The fourth-order valence-electron chi connectivity index (χ4n) is 2.95. The standard InChI is InChI=1S/C18H22N2O2S/c19-12-15-6-1-2-9-20(15)18(21)14-5-3-7-16(11-14)22-13-17-8-4-10-23-17/h3-5,7-8,10-11,15H,1-2,6,9,12-13,19H2. The van der Waals surface area contributed by atoms with Crippen molar-refractivity contribution < 1.29 is 9.53 Å². The molecule has 1 atom stereocenters. The number of carbonyl (C=O) groups excluding carboxylic acids is 1. The molecule has 1 aromatic heterocycles. The quantitative estimate of drug-likeness (QED) is 0.915. The van der Waals surface area contributed by atoms with Crippen LogP contribution >= 0.6 is 11.3 Å². The minimum absolute atomic E-state index is 0.0572. The molecule has 2 heterocycles. The molecule has 1 aromatic carbocycles. The molecule has 0 radical (unpaired) electrons. The average molecular weight is 330 g/mol. The van der Waals surface area contributed by atoms with Gasteiger partial charge in [-0.1, -0.05) is 12.1 Å². The SMILES string of the molecule is NCC1CCCCN1C(=O)c1cccc(OCc2cccs2)c1. The van der Waals surface area contributed by atoms with Crippen molar-refractivity contribution in [2.75, 3.05) is 13.1 Å². The van der Waals surface area contributed by atoms with Crippen molar-refractivity contribution in [3.63, 3.8) is 0 Å². The van der Waals surface area contributed by atoms with Gasteiger partial charge in [-0.2, -0.15) is 0 Å². The van der Waals surface area contributed by atoms with Crippen LogP contribution in [0.25, 0.3) is 0 Å². The van der Waals surface area contributed by atoms with E-state index in [2.05, 4.69) is 0 Å². The van der Waals surface area contributed by atoms with Gasteiger partial charge in [0, 0.05) is 29.6 Å². The van der Waals surface area contributed by atoms with Gasteiger partial charge in [-0.15, -0.1) is 11.3 Å². The van der Waals surface area contributed by atoms with Gasteiger partial charge in [-0.25, -0.2) is 0 Å². The molecule has 0 spiro atoms. The summed E-state index contributed by atoms with van der Waals surface area (Å²) in [7, 11) is 0. The number of ether oxygens (including phenoxy) is 1. The fourth-order valence-corrected chi connectivity index (χ4v) is 3.56. The second-order valence-electron chi connectivity index (χ2n) is 5.78. The van der Waals surface area contributed by atoms with Crippen LogP contribution in [0, 0.1) is 0 Å². The van der Waals surface area contributed by atoms with E-state index in [1.165, 1.54) is 4.88 Å². The molecule has 0 bridgehead atoms. The first-order valence-electron chi connectivity index (χ1n) is 8.04. The Hall–Kier alpha value is -1.85. The van der Waals surface area contributed by atoms with Crippen LogP contribution in [0.2, 0.25) is 0 Å². The van der Waals surface area contributed by atoms with E-state index in [9.17, 15) is 4.79 Å². The highest BCUT2D eigenvalue weighted by atomic mass is 32.1. The van der Waals surface area contributed by atoms with Gasteiger partial charge >= 0.3 is 0 Å². The number of piperidine rings is 1. The van der Waals surface area contributed by atoms with Gasteiger partial charge in [0.15, 0.2) is 0 Å². The summed E-state index contributed by atoms with van der Waals surface area (Å²) in [5, 5.41) is 2.03. The van der Waals surface area contributed by atoms with Crippen LogP contribution in [0.15, 0.2) is 41.8 Å². The minimum atomic E-state index is 0.0572. The first-order valence-corrected chi connectivity index (χ1v) is 8.92. The van der Waals surface area contributed by atoms with Crippen LogP contribution in [0.4, 0.5) is 0 Å². The zero-order valence-corrected chi connectivity index (χ0v) is 13.9. The number of nitrogens with two attached hydrogens (primary N) is 1. The Balaban J connectivity index is 1.69. The predicted octanol–water partition coefficient (Wildman–Crippen LogP) is 3.28. The van der Waals surface area contributed by atoms with Crippen LogP contribution < -0.4 is 10.5 Å². The number of hydrogen-bond acceptors (Lipinski definition) is 4. The highest BCUT2D eigenvalue weighted by molar-refractivity contribution is 7.09. The number of carbonyl (C=O) groups is 1. The van der Waals surface area contributed by atoms with Gasteiger partial charge in [0.25, 0.3) is 5.91 Å². The largest absolute Gasteiger partial charge is 0.488 e. The summed E-state index contributed by atoms with van der Waals surface area (Å²) in [6.45, 7) is 1.85. The summed E-state index contributed by atoms with van der Waals surface area (Å²) >= 11 is 1.66. The molecule has 1 saturated heterocycles. The lowest BCUT2D eigenvalue weighted by atomic mass is 10.0. The van der Waals surface area contributed by atoms with Crippen LogP contribution in [0.3, 0.4) is 0 Å². The topological polar surface area (TPSA) is 55.6 Å². The first-order chi connectivity index (χ1) is 11.3. The molecule has 2 aromatic rings. The van der Waals surface area contributed by atoms with Crippen LogP contribution in [0.1, 0.15) is 34.5 Å². The smallest absolute Gasteiger partial charge is 0.254 e. The molecule has 1 aliphatic rings. The Morgan fingerprint density at radius 1 is 1.30 bits per heavy atom. The summed E-state index contributed by atoms with van der Waals surface area (Å²) in [6, 6.07) is 11.7. The van der Waals surface area contributed by atoms with Gasteiger partial charge in [0.05, 0.1) is 0 Å². The van der Waals surface area contributed by atoms with Gasteiger partial charge < -0.3 is 15.4 Å². The minimum Gasteiger partial charge on any atom is -0.488 e. The number of amides is 1. The maximum Gasteiger partial charge on any atom is 0.254 e. The fraction of sp³-hybridized carbons (Fsp3) is 0.389. The summed E-state index contributed by atoms with van der Waals surface area (Å²) in [6.07, 6.45) is 3.20. The summed E-state index contributed by atoms with van der Waals surface area (Å²) < 4.78 is 5.80. The first kappa shape index (κ1) is 16.0. The zero-order valence-electron chi connectivity index (χ0n) is 13.1. The van der Waals surface area contributed by atoms with E-state index in [4.69, 9.17) is 10.5 Å². The van der Waals surface area contributed by atoms with Crippen molar-refractivity contribution in [2.24, 2.45) is 5.73 Å². The van der Waals surface area contributed by atoms with E-state index in [1.54, 1.807) is 11.3 Å². The van der Waals surface area contributed by atoms with E-state index >= 15 is 0 Å². The number of hydrogen-bond donors (Lipinski definition) is 1. The van der Waals surface area contributed by atoms with Gasteiger partial charge in [-0.05, 0) is 48.9 Å². The van der Waals surface area contributed by atoms with Gasteiger partial charge in [0.1, 0.15) is 12.4 Å². The van der Waals surface area contributed by atoms with Gasteiger partial charge in [-0.3, -0.25) is 4.79 Å². The summed E-state index contributed by atoms with van der Waals surface area (Å²) in [4.78, 5) is 15.9. The molecule has 1 fully saturated rings. The number of nitrogens with zero attached hydrogens (tertiary/aromatic N) is 1. The van der Waals surface area contributed by atoms with E-state index in [1.807, 2.05) is 46.7 Å². The van der Waals surface area contributed by atoms with Crippen LogP contribution in [-0.4, -0.2) is 29.9 Å². The molecule has 122 valence electrons. The van der Waals surface area contributed by atoms with Gasteiger partial charge in [0.2, 0.25) is 0 Å². The van der Waals surface area contributed by atoms with Crippen LogP contribution in [-0.2, 0) is 6.61 Å². The van der Waals surface area contributed by atoms with E-state index in [0.29, 0.717) is 18.7 Å². The normalized spacial score (nSPS) is 18.0. The van der Waals surface area contributed by atoms with Crippen molar-refractivity contribution in [3.05, 3.63) is 52.2 Å². The highest BCUT2D eigenvalue weighted by Gasteiger charge is 2.26. The third-order valence-corrected chi connectivity index (χ3v) is 5.05. The molecule has 3 rings (SSSR count). The second-order valence-corrected chi connectivity index (χ2v) is 6.81. The second kappa shape index (κ2) is 7.62. The Kier molecular flexibility index (Phi) is 5.31. The average Bonchev–Trinajstić information content (AvgIpc) is 3.13. The maximum absolute atomic E-state index is 12.8. The number of rotatable bonds is 5. The lowest BCUT2D eigenvalue weighted by molar-refractivity contribution is 0.0623. The lowest BCUT2D eigenvalue weighted by Crippen LogP contribution is -2.47. The monoisotopic (exact) mass is 330 g/mol. The van der Waals surface area contributed by atoms with Crippen molar-refractivity contribution in [1.29, 1.82) is 0 Å². The summed E-state index contributed by atoms with van der Waals surface area (Å²) in [5.74, 6) is 0.785. The van der Waals surface area contributed by atoms with E-state index in [-0.39, 0.29) is 11.9 Å². The molecule has 23 heavy (non-hydrogen) atoms. The molecular weight excluding hydrogens is 308 g/mol. The molecule has 0 saturated carbocycles. The molecule has 2 N–H and O–H groups in total. The Bertz CT molecular complexity index is 642. The molecule has 1 aliphatic heterocycles. The number of benzene rings is 1. The maximum atomic E-state index is 12.8. The van der Waals surface area contributed by atoms with Crippen LogP contribution in [0.5, 0.6) is 5.75 Å². The zero-order chi connectivity index (χ0) is 16.1. The van der Waals surface area contributed by atoms with Crippen molar-refractivity contribution >= 4 is 17.2 Å². The number of thiophene rings is 1. The molecule has 1 unspecified atom stereocenters. The summed E-state index contributed by atoms with van der Waals surface area (Å²) in [5.41, 5.74) is 6.50. The highest BCUT2D eigenvalue weighted by Crippen LogP contribution is 2.22. The third kappa shape index (κ3) is 3.92. The molecule has 5 heteroatoms. The van der Waals surface area contributed by atoms with E-state index < -0.39 is 0 Å². The predicted molar refractivity (Wildman–Crippen MR) is 92.8 cm³/mol. The Morgan fingerprint density at radius 3 is 3.00 bits per heavy atom. The number of likely N-dealkylation sites (tertiary alicyclic amines) is 1. The molecular formula is C18H22N2O2S. The Labute approximate surface area is 140 Å². The lowest BCUT2D eigenvalue weighted by Gasteiger charge is -2.35. The van der Waals surface area contributed by atoms with E-state index in [0.717, 1.165) is 31.6 Å². The molecule has 1 amide bonds. The van der Waals surface area contributed by atoms with Crippen molar-refractivity contribution in [3.8, 4) is 5.75 Å². The van der Waals surface area contributed by atoms with Crippen molar-refractivity contribution in [1.82, 2.24) is 4.90 Å². The molecule has 4 nitrogen and oxygen atoms in total.